The summed E-state index contributed by atoms with van der Waals surface area (Å²) < 4.78 is 5.69. The summed E-state index contributed by atoms with van der Waals surface area (Å²) in [6.45, 7) is 10.4. The fourth-order valence-corrected chi connectivity index (χ4v) is 3.24. The van der Waals surface area contributed by atoms with E-state index in [-0.39, 0.29) is 5.54 Å². The Morgan fingerprint density at radius 3 is 3.00 bits per heavy atom. The van der Waals surface area contributed by atoms with Gasteiger partial charge in [-0.15, -0.1) is 0 Å². The highest BCUT2D eigenvalue weighted by atomic mass is 16.5. The van der Waals surface area contributed by atoms with E-state index < -0.39 is 0 Å². The number of allylic oxidation sites excluding steroid dienone is 1. The summed E-state index contributed by atoms with van der Waals surface area (Å²) >= 11 is 0. The molecule has 1 saturated heterocycles. The van der Waals surface area contributed by atoms with Crippen molar-refractivity contribution in [3.8, 4) is 0 Å². The van der Waals surface area contributed by atoms with Crippen molar-refractivity contribution in [2.75, 3.05) is 26.4 Å². The molecule has 0 spiro atoms. The van der Waals surface area contributed by atoms with Crippen LogP contribution in [0.3, 0.4) is 0 Å². The van der Waals surface area contributed by atoms with Crippen LogP contribution in [0.25, 0.3) is 0 Å². The highest BCUT2D eigenvalue weighted by Gasteiger charge is 2.40. The molecular weight excluding hydrogens is 224 g/mol. The third-order valence-electron chi connectivity index (χ3n) is 4.43. The van der Waals surface area contributed by atoms with Crippen LogP contribution in [-0.4, -0.2) is 42.9 Å². The first-order valence-electron chi connectivity index (χ1n) is 7.41. The van der Waals surface area contributed by atoms with Crippen molar-refractivity contribution in [1.82, 2.24) is 10.2 Å². The fourth-order valence-electron chi connectivity index (χ4n) is 3.24. The number of rotatable bonds is 5. The Morgan fingerprint density at radius 2 is 2.33 bits per heavy atom. The standard InChI is InChI=1S/C15H28N2O/c1-4-18-11-15(3)10-16-12-17(15)13(2)14-8-6-5-7-9-14/h8,13,16H,4-7,9-12H2,1-3H3/t13-,15-/m1/s1. The van der Waals surface area contributed by atoms with Crippen molar-refractivity contribution in [2.24, 2.45) is 0 Å². The summed E-state index contributed by atoms with van der Waals surface area (Å²) in [6, 6.07) is 0.547. The lowest BCUT2D eigenvalue weighted by atomic mass is 9.91. The van der Waals surface area contributed by atoms with Crippen molar-refractivity contribution < 1.29 is 4.74 Å². The highest BCUT2D eigenvalue weighted by molar-refractivity contribution is 5.15. The van der Waals surface area contributed by atoms with E-state index in [1.807, 2.05) is 0 Å². The van der Waals surface area contributed by atoms with Crippen molar-refractivity contribution in [2.45, 2.75) is 58.0 Å². The summed E-state index contributed by atoms with van der Waals surface area (Å²) in [4.78, 5) is 2.58. The SMILES string of the molecule is CCOC[C@@]1(C)CNCN1[C@H](C)C1=CCCCC1. The summed E-state index contributed by atoms with van der Waals surface area (Å²) in [7, 11) is 0. The molecule has 1 aliphatic carbocycles. The van der Waals surface area contributed by atoms with E-state index >= 15 is 0 Å². The van der Waals surface area contributed by atoms with E-state index in [0.717, 1.165) is 26.4 Å². The second-order valence-electron chi connectivity index (χ2n) is 5.89. The van der Waals surface area contributed by atoms with Crippen LogP contribution in [-0.2, 0) is 4.74 Å². The van der Waals surface area contributed by atoms with Crippen molar-refractivity contribution >= 4 is 0 Å². The Kier molecular flexibility index (Phi) is 4.82. The molecule has 1 heterocycles. The van der Waals surface area contributed by atoms with Crippen LogP contribution in [0.15, 0.2) is 11.6 Å². The fraction of sp³-hybridized carbons (Fsp3) is 0.867. The predicted octanol–water partition coefficient (Wildman–Crippen LogP) is 2.53. The smallest absolute Gasteiger partial charge is 0.0660 e. The molecule has 0 aromatic heterocycles. The maximum Gasteiger partial charge on any atom is 0.0660 e. The van der Waals surface area contributed by atoms with Gasteiger partial charge in [0.1, 0.15) is 0 Å². The molecule has 1 fully saturated rings. The minimum absolute atomic E-state index is 0.147. The number of hydrogen-bond acceptors (Lipinski definition) is 3. The average molecular weight is 252 g/mol. The van der Waals surface area contributed by atoms with Gasteiger partial charge in [0, 0.05) is 25.9 Å². The molecule has 18 heavy (non-hydrogen) atoms. The van der Waals surface area contributed by atoms with Gasteiger partial charge in [0.2, 0.25) is 0 Å². The lowest BCUT2D eigenvalue weighted by Gasteiger charge is -2.39. The van der Waals surface area contributed by atoms with E-state index in [9.17, 15) is 0 Å². The van der Waals surface area contributed by atoms with Crippen LogP contribution < -0.4 is 5.32 Å². The number of nitrogens with zero attached hydrogens (tertiary/aromatic N) is 1. The average Bonchev–Trinajstić information content (AvgIpc) is 2.79. The number of ether oxygens (including phenoxy) is 1. The molecule has 2 rings (SSSR count). The van der Waals surface area contributed by atoms with E-state index in [4.69, 9.17) is 4.74 Å². The largest absolute Gasteiger partial charge is 0.380 e. The zero-order valence-electron chi connectivity index (χ0n) is 12.2. The molecule has 0 aromatic carbocycles. The Morgan fingerprint density at radius 1 is 1.50 bits per heavy atom. The zero-order valence-corrected chi connectivity index (χ0v) is 12.2. The summed E-state index contributed by atoms with van der Waals surface area (Å²) in [5, 5.41) is 3.51. The van der Waals surface area contributed by atoms with Gasteiger partial charge in [0.15, 0.2) is 0 Å². The van der Waals surface area contributed by atoms with Gasteiger partial charge in [-0.3, -0.25) is 4.90 Å². The van der Waals surface area contributed by atoms with Crippen LogP contribution in [0.2, 0.25) is 0 Å². The molecule has 1 aliphatic heterocycles. The maximum absolute atomic E-state index is 5.69. The minimum atomic E-state index is 0.147. The van der Waals surface area contributed by atoms with Crippen molar-refractivity contribution in [1.29, 1.82) is 0 Å². The molecule has 0 unspecified atom stereocenters. The van der Waals surface area contributed by atoms with Gasteiger partial charge in [-0.1, -0.05) is 11.6 Å². The molecule has 2 atom stereocenters. The molecule has 3 heteroatoms. The molecule has 0 bridgehead atoms. The predicted molar refractivity (Wildman–Crippen MR) is 75.6 cm³/mol. The van der Waals surface area contributed by atoms with Gasteiger partial charge in [0.05, 0.1) is 12.1 Å². The minimum Gasteiger partial charge on any atom is -0.380 e. The molecular formula is C15H28N2O. The van der Waals surface area contributed by atoms with E-state index in [0.29, 0.717) is 6.04 Å². The molecule has 0 aromatic rings. The van der Waals surface area contributed by atoms with Gasteiger partial charge in [0.25, 0.3) is 0 Å². The van der Waals surface area contributed by atoms with Crippen molar-refractivity contribution in [3.63, 3.8) is 0 Å². The second-order valence-corrected chi connectivity index (χ2v) is 5.89. The normalized spacial score (nSPS) is 31.4. The summed E-state index contributed by atoms with van der Waals surface area (Å²) in [5.74, 6) is 0. The van der Waals surface area contributed by atoms with Gasteiger partial charge in [-0.25, -0.2) is 0 Å². The molecule has 104 valence electrons. The van der Waals surface area contributed by atoms with E-state index in [1.165, 1.54) is 25.7 Å². The van der Waals surface area contributed by atoms with Crippen molar-refractivity contribution in [3.05, 3.63) is 11.6 Å². The molecule has 0 radical (unpaired) electrons. The molecule has 3 nitrogen and oxygen atoms in total. The van der Waals surface area contributed by atoms with E-state index in [1.54, 1.807) is 5.57 Å². The Hall–Kier alpha value is -0.380. The van der Waals surface area contributed by atoms with Crippen LogP contribution in [0, 0.1) is 0 Å². The summed E-state index contributed by atoms with van der Waals surface area (Å²) in [5.41, 5.74) is 1.78. The first-order chi connectivity index (χ1) is 8.67. The first-order valence-corrected chi connectivity index (χ1v) is 7.41. The molecule has 0 saturated carbocycles. The highest BCUT2D eigenvalue weighted by Crippen LogP contribution is 2.29. The van der Waals surface area contributed by atoms with Gasteiger partial charge in [-0.2, -0.15) is 0 Å². The monoisotopic (exact) mass is 252 g/mol. The topological polar surface area (TPSA) is 24.5 Å². The van der Waals surface area contributed by atoms with E-state index in [2.05, 4.69) is 37.1 Å². The quantitative estimate of drug-likeness (QED) is 0.761. The Bertz CT molecular complexity index is 303. The summed E-state index contributed by atoms with van der Waals surface area (Å²) in [6.07, 6.45) is 7.74. The molecule has 2 aliphatic rings. The van der Waals surface area contributed by atoms with Crippen LogP contribution in [0.4, 0.5) is 0 Å². The third-order valence-corrected chi connectivity index (χ3v) is 4.43. The van der Waals surface area contributed by atoms with Gasteiger partial charge < -0.3 is 10.1 Å². The lowest BCUT2D eigenvalue weighted by molar-refractivity contribution is 0.0238. The third kappa shape index (κ3) is 2.95. The number of hydrogen-bond donors (Lipinski definition) is 1. The van der Waals surface area contributed by atoms with Crippen LogP contribution in [0.1, 0.15) is 46.5 Å². The molecule has 1 N–H and O–H groups in total. The lowest BCUT2D eigenvalue weighted by Crippen LogP contribution is -2.51. The first kappa shape index (κ1) is 14.0. The second kappa shape index (κ2) is 6.18. The Labute approximate surface area is 112 Å². The van der Waals surface area contributed by atoms with Crippen LogP contribution in [0.5, 0.6) is 0 Å². The zero-order chi connectivity index (χ0) is 13.0. The molecule has 0 amide bonds. The van der Waals surface area contributed by atoms with Gasteiger partial charge >= 0.3 is 0 Å². The number of nitrogens with one attached hydrogen (secondary N) is 1. The van der Waals surface area contributed by atoms with Gasteiger partial charge in [-0.05, 0) is 46.5 Å². The Balaban J connectivity index is 2.03. The maximum atomic E-state index is 5.69. The van der Waals surface area contributed by atoms with Crippen LogP contribution >= 0.6 is 0 Å².